The molecule has 4 N–H and O–H groups in total. The summed E-state index contributed by atoms with van der Waals surface area (Å²) in [5, 5.41) is 19.5. The molecule has 0 atom stereocenters. The molecule has 0 spiro atoms. The lowest BCUT2D eigenvalue weighted by atomic mass is 10.2. The maximum atomic E-state index is 11.2. The van der Waals surface area contributed by atoms with Gasteiger partial charge in [-0.15, -0.1) is 10.8 Å². The van der Waals surface area contributed by atoms with Gasteiger partial charge in [0.05, 0.1) is 5.75 Å². The fourth-order valence-corrected chi connectivity index (χ4v) is 3.92. The van der Waals surface area contributed by atoms with Crippen LogP contribution in [0.2, 0.25) is 0 Å². The Morgan fingerprint density at radius 1 is 1.38 bits per heavy atom. The molecule has 2 aromatic heterocycles. The Morgan fingerprint density at radius 2 is 2.14 bits per heavy atom. The van der Waals surface area contributed by atoms with Gasteiger partial charge in [0.15, 0.2) is 17.3 Å². The zero-order valence-electron chi connectivity index (χ0n) is 10.8. The standard InChI is InChI=1S/C12H13N3O5S/c16-10-8-7(3-1-4-13-8)11(14-9(10)12(17)18)15-5-2-6-21(15,19)20/h1,3-4,16,19-20H,2,5-6H2,(H,17,18). The van der Waals surface area contributed by atoms with Gasteiger partial charge in [0.25, 0.3) is 0 Å². The predicted molar refractivity (Wildman–Crippen MR) is 77.8 cm³/mol. The van der Waals surface area contributed by atoms with Crippen LogP contribution in [0.1, 0.15) is 16.9 Å². The summed E-state index contributed by atoms with van der Waals surface area (Å²) in [4.78, 5) is 19.1. The molecule has 21 heavy (non-hydrogen) atoms. The highest BCUT2D eigenvalue weighted by Crippen LogP contribution is 2.52. The first-order valence-electron chi connectivity index (χ1n) is 6.16. The average Bonchev–Trinajstić information content (AvgIpc) is 2.79. The van der Waals surface area contributed by atoms with Crippen molar-refractivity contribution in [2.24, 2.45) is 0 Å². The first-order valence-corrected chi connectivity index (χ1v) is 7.83. The highest BCUT2D eigenvalue weighted by Gasteiger charge is 2.33. The van der Waals surface area contributed by atoms with Gasteiger partial charge in [-0.1, -0.05) is 0 Å². The second-order valence-electron chi connectivity index (χ2n) is 4.63. The van der Waals surface area contributed by atoms with Crippen LogP contribution in [0.25, 0.3) is 10.9 Å². The van der Waals surface area contributed by atoms with E-state index >= 15 is 0 Å². The maximum absolute atomic E-state index is 11.2. The number of carbonyl (C=O) groups is 1. The monoisotopic (exact) mass is 311 g/mol. The van der Waals surface area contributed by atoms with Gasteiger partial charge in [-0.2, -0.15) is 0 Å². The van der Waals surface area contributed by atoms with Gasteiger partial charge < -0.3 is 10.2 Å². The number of carboxylic acid groups (broad SMARTS) is 1. The van der Waals surface area contributed by atoms with Crippen molar-refractivity contribution in [2.45, 2.75) is 6.42 Å². The van der Waals surface area contributed by atoms with Crippen LogP contribution in [0.15, 0.2) is 18.3 Å². The maximum Gasteiger partial charge on any atom is 0.358 e. The second kappa shape index (κ2) is 4.72. The molecule has 0 radical (unpaired) electrons. The van der Waals surface area contributed by atoms with Crippen molar-refractivity contribution in [3.8, 4) is 5.75 Å². The van der Waals surface area contributed by atoms with E-state index < -0.39 is 28.2 Å². The van der Waals surface area contributed by atoms with Crippen LogP contribution in [-0.4, -0.2) is 47.6 Å². The smallest absolute Gasteiger partial charge is 0.358 e. The molecule has 0 amide bonds. The first-order chi connectivity index (χ1) is 9.92. The van der Waals surface area contributed by atoms with Crippen LogP contribution in [0.4, 0.5) is 5.82 Å². The third-order valence-electron chi connectivity index (χ3n) is 3.29. The molecule has 112 valence electrons. The molecular weight excluding hydrogens is 298 g/mol. The number of rotatable bonds is 2. The summed E-state index contributed by atoms with van der Waals surface area (Å²) in [7, 11) is -3.02. The minimum atomic E-state index is -3.02. The molecule has 9 heteroatoms. The van der Waals surface area contributed by atoms with Gasteiger partial charge in [0.1, 0.15) is 5.52 Å². The third kappa shape index (κ3) is 2.15. The molecule has 0 aliphatic carbocycles. The highest BCUT2D eigenvalue weighted by atomic mass is 32.3. The van der Waals surface area contributed by atoms with Gasteiger partial charge >= 0.3 is 5.97 Å². The molecule has 0 aromatic carbocycles. The van der Waals surface area contributed by atoms with Gasteiger partial charge in [-0.25, -0.2) is 9.78 Å². The van der Waals surface area contributed by atoms with E-state index in [1.807, 2.05) is 0 Å². The number of aromatic carboxylic acids is 1. The number of carboxylic acids is 1. The summed E-state index contributed by atoms with van der Waals surface area (Å²) in [5.74, 6) is -1.61. The molecule has 1 aliphatic rings. The van der Waals surface area contributed by atoms with Crippen molar-refractivity contribution in [3.05, 3.63) is 24.0 Å². The number of aromatic nitrogens is 2. The zero-order valence-corrected chi connectivity index (χ0v) is 11.6. The van der Waals surface area contributed by atoms with E-state index in [4.69, 9.17) is 5.11 Å². The SMILES string of the molecule is O=C(O)c1nc(N2CCCS2(O)O)c2cccnc2c1O. The van der Waals surface area contributed by atoms with Crippen LogP contribution in [-0.2, 0) is 0 Å². The lowest BCUT2D eigenvalue weighted by Crippen LogP contribution is -2.24. The molecule has 1 fully saturated rings. The molecule has 0 bridgehead atoms. The van der Waals surface area contributed by atoms with Crippen LogP contribution in [0.5, 0.6) is 5.75 Å². The van der Waals surface area contributed by atoms with E-state index in [1.165, 1.54) is 10.5 Å². The Balaban J connectivity index is 2.31. The number of aromatic hydroxyl groups is 1. The molecule has 0 unspecified atom stereocenters. The molecule has 1 aliphatic heterocycles. The van der Waals surface area contributed by atoms with Crippen molar-refractivity contribution in [3.63, 3.8) is 0 Å². The van der Waals surface area contributed by atoms with Crippen LogP contribution in [0, 0.1) is 0 Å². The number of pyridine rings is 2. The van der Waals surface area contributed by atoms with Crippen molar-refractivity contribution < 1.29 is 24.1 Å². The lowest BCUT2D eigenvalue weighted by Gasteiger charge is -2.37. The Hall–Kier alpha value is -2.10. The lowest BCUT2D eigenvalue weighted by molar-refractivity contribution is 0.0687. The van der Waals surface area contributed by atoms with Gasteiger partial charge in [0.2, 0.25) is 0 Å². The van der Waals surface area contributed by atoms with E-state index in [9.17, 15) is 19.0 Å². The molecule has 0 saturated carbocycles. The summed E-state index contributed by atoms with van der Waals surface area (Å²) in [6.07, 6.45) is 1.98. The van der Waals surface area contributed by atoms with Crippen molar-refractivity contribution in [2.75, 3.05) is 16.6 Å². The van der Waals surface area contributed by atoms with Crippen LogP contribution >= 0.6 is 10.8 Å². The number of anilines is 1. The van der Waals surface area contributed by atoms with Crippen molar-refractivity contribution in [1.29, 1.82) is 0 Å². The van der Waals surface area contributed by atoms with Gasteiger partial charge in [-0.3, -0.25) is 18.4 Å². The number of fused-ring (bicyclic) bond motifs is 1. The quantitative estimate of drug-likeness (QED) is 0.662. The zero-order chi connectivity index (χ0) is 15.2. The van der Waals surface area contributed by atoms with E-state index in [-0.39, 0.29) is 17.1 Å². The first kappa shape index (κ1) is 13.9. The minimum Gasteiger partial charge on any atom is -0.504 e. The summed E-state index contributed by atoms with van der Waals surface area (Å²) in [6, 6.07) is 3.21. The molecule has 2 aromatic rings. The number of hydrogen-bond acceptors (Lipinski definition) is 7. The Labute approximate surface area is 121 Å². The van der Waals surface area contributed by atoms with E-state index in [1.54, 1.807) is 12.1 Å². The molecule has 3 rings (SSSR count). The Bertz CT molecular complexity index is 736. The van der Waals surface area contributed by atoms with Gasteiger partial charge in [0, 0.05) is 18.1 Å². The average molecular weight is 311 g/mol. The fraction of sp³-hybridized carbons (Fsp3) is 0.250. The summed E-state index contributed by atoms with van der Waals surface area (Å²) >= 11 is 0. The second-order valence-corrected chi connectivity index (χ2v) is 6.74. The third-order valence-corrected chi connectivity index (χ3v) is 5.18. The molecule has 1 saturated heterocycles. The normalized spacial score (nSPS) is 18.9. The van der Waals surface area contributed by atoms with E-state index in [0.29, 0.717) is 18.4 Å². The number of hydrogen-bond donors (Lipinski definition) is 4. The number of nitrogens with zero attached hydrogens (tertiary/aromatic N) is 3. The molecule has 3 heterocycles. The Morgan fingerprint density at radius 3 is 2.76 bits per heavy atom. The summed E-state index contributed by atoms with van der Waals surface area (Å²) in [5.41, 5.74) is -0.486. The van der Waals surface area contributed by atoms with E-state index in [2.05, 4.69) is 9.97 Å². The fourth-order valence-electron chi connectivity index (χ4n) is 2.35. The molecular formula is C12H13N3O5S. The van der Waals surface area contributed by atoms with Crippen LogP contribution < -0.4 is 4.31 Å². The summed E-state index contributed by atoms with van der Waals surface area (Å²) in [6.45, 7) is 0.350. The van der Waals surface area contributed by atoms with E-state index in [0.717, 1.165) is 0 Å². The predicted octanol–water partition coefficient (Wildman–Crippen LogP) is 1.91. The summed E-state index contributed by atoms with van der Waals surface area (Å²) < 4.78 is 21.4. The van der Waals surface area contributed by atoms with Gasteiger partial charge in [-0.05, 0) is 18.6 Å². The van der Waals surface area contributed by atoms with Crippen LogP contribution in [0.3, 0.4) is 0 Å². The highest BCUT2D eigenvalue weighted by molar-refractivity contribution is 8.25. The van der Waals surface area contributed by atoms with Crippen molar-refractivity contribution >= 4 is 33.5 Å². The van der Waals surface area contributed by atoms with Crippen molar-refractivity contribution in [1.82, 2.24) is 9.97 Å². The minimum absolute atomic E-state index is 0.0713. The largest absolute Gasteiger partial charge is 0.504 e. The molecule has 8 nitrogen and oxygen atoms in total. The topological polar surface area (TPSA) is 127 Å². The Kier molecular flexibility index (Phi) is 3.12.